The number of hydrogen-bond acceptors (Lipinski definition) is 0. The maximum absolute atomic E-state index is 12.8. The average molecular weight is 292 g/mol. The zero-order valence-corrected chi connectivity index (χ0v) is 11.1. The highest BCUT2D eigenvalue weighted by molar-refractivity contribution is 9.09. The van der Waals surface area contributed by atoms with Crippen LogP contribution in [0.4, 0.5) is 4.39 Å². The number of benzene rings is 1. The van der Waals surface area contributed by atoms with Gasteiger partial charge in [0.05, 0.1) is 5.02 Å². The number of allylic oxidation sites excluding steroid dienone is 1. The molecule has 0 heterocycles. The summed E-state index contributed by atoms with van der Waals surface area (Å²) >= 11 is 9.36. The summed E-state index contributed by atoms with van der Waals surface area (Å²) in [5, 5.41) is 1.26. The van der Waals surface area contributed by atoms with Crippen molar-refractivity contribution in [1.29, 1.82) is 0 Å². The molecule has 0 amide bonds. The van der Waals surface area contributed by atoms with Gasteiger partial charge >= 0.3 is 0 Å². The van der Waals surface area contributed by atoms with Crippen molar-refractivity contribution in [1.82, 2.24) is 0 Å². The summed E-state index contributed by atoms with van der Waals surface area (Å²) in [7, 11) is 0. The van der Waals surface area contributed by atoms with Gasteiger partial charge in [-0.2, -0.15) is 0 Å². The van der Waals surface area contributed by atoms with Gasteiger partial charge in [0.25, 0.3) is 0 Å². The zero-order valence-electron chi connectivity index (χ0n) is 8.73. The normalized spacial score (nSPS) is 12.3. The van der Waals surface area contributed by atoms with Crippen molar-refractivity contribution in [2.75, 3.05) is 5.33 Å². The van der Waals surface area contributed by atoms with Crippen molar-refractivity contribution < 1.29 is 4.39 Å². The molecule has 0 nitrogen and oxygen atoms in total. The Labute approximate surface area is 103 Å². The highest BCUT2D eigenvalue weighted by Gasteiger charge is 2.04. The maximum Gasteiger partial charge on any atom is 0.124 e. The molecule has 0 aliphatic rings. The SMILES string of the molecule is CC(C)/C(=C/c1ccc(F)cc1Cl)CBr. The number of rotatable bonds is 3. The fourth-order valence-electron chi connectivity index (χ4n) is 1.18. The second kappa shape index (κ2) is 5.66. The first-order chi connectivity index (χ1) is 7.04. The van der Waals surface area contributed by atoms with Gasteiger partial charge < -0.3 is 0 Å². The summed E-state index contributed by atoms with van der Waals surface area (Å²) in [4.78, 5) is 0. The molecule has 0 saturated heterocycles. The third-order valence-corrected chi connectivity index (χ3v) is 3.17. The van der Waals surface area contributed by atoms with Crippen LogP contribution in [0, 0.1) is 11.7 Å². The molecular weight excluding hydrogens is 278 g/mol. The largest absolute Gasteiger partial charge is 0.207 e. The molecule has 0 fully saturated rings. The molecule has 0 aromatic heterocycles. The fourth-order valence-corrected chi connectivity index (χ4v) is 2.21. The molecule has 0 unspecified atom stereocenters. The van der Waals surface area contributed by atoms with E-state index in [0.29, 0.717) is 10.9 Å². The highest BCUT2D eigenvalue weighted by atomic mass is 79.9. The van der Waals surface area contributed by atoms with Gasteiger partial charge in [0.1, 0.15) is 5.82 Å². The van der Waals surface area contributed by atoms with E-state index >= 15 is 0 Å². The van der Waals surface area contributed by atoms with Gasteiger partial charge in [0, 0.05) is 5.33 Å². The minimum Gasteiger partial charge on any atom is -0.207 e. The van der Waals surface area contributed by atoms with Crippen LogP contribution in [-0.2, 0) is 0 Å². The van der Waals surface area contributed by atoms with Crippen LogP contribution in [0.5, 0.6) is 0 Å². The van der Waals surface area contributed by atoms with Crippen molar-refractivity contribution in [3.63, 3.8) is 0 Å². The first-order valence-corrected chi connectivity index (χ1v) is 6.26. The Balaban J connectivity index is 3.06. The molecule has 0 N–H and O–H groups in total. The lowest BCUT2D eigenvalue weighted by atomic mass is 10.0. The Morgan fingerprint density at radius 2 is 2.20 bits per heavy atom. The molecule has 1 aromatic carbocycles. The van der Waals surface area contributed by atoms with Gasteiger partial charge in [0.15, 0.2) is 0 Å². The van der Waals surface area contributed by atoms with Crippen LogP contribution in [0.25, 0.3) is 6.08 Å². The minimum atomic E-state index is -0.304. The first kappa shape index (κ1) is 12.7. The van der Waals surface area contributed by atoms with Crippen LogP contribution in [0.3, 0.4) is 0 Å². The molecule has 1 aromatic rings. The highest BCUT2D eigenvalue weighted by Crippen LogP contribution is 2.23. The van der Waals surface area contributed by atoms with Crippen LogP contribution >= 0.6 is 27.5 Å². The van der Waals surface area contributed by atoms with E-state index in [2.05, 4.69) is 29.8 Å². The molecule has 0 atom stereocenters. The Bertz CT molecular complexity index is 372. The van der Waals surface area contributed by atoms with Crippen LogP contribution in [-0.4, -0.2) is 5.33 Å². The quantitative estimate of drug-likeness (QED) is 0.694. The molecule has 82 valence electrons. The van der Waals surface area contributed by atoms with Crippen molar-refractivity contribution in [3.8, 4) is 0 Å². The predicted octanol–water partition coefficient (Wildman–Crippen LogP) is 4.91. The molecule has 0 aliphatic carbocycles. The van der Waals surface area contributed by atoms with E-state index in [1.165, 1.54) is 17.7 Å². The smallest absolute Gasteiger partial charge is 0.124 e. The Kier molecular flexibility index (Phi) is 4.81. The van der Waals surface area contributed by atoms with Crippen molar-refractivity contribution >= 4 is 33.6 Å². The molecule has 0 spiro atoms. The van der Waals surface area contributed by atoms with Gasteiger partial charge in [-0.1, -0.05) is 59.1 Å². The molecule has 1 rings (SSSR count). The second-order valence-corrected chi connectivity index (χ2v) is 4.64. The maximum atomic E-state index is 12.8. The second-order valence-electron chi connectivity index (χ2n) is 3.67. The zero-order chi connectivity index (χ0) is 11.4. The van der Waals surface area contributed by atoms with Gasteiger partial charge in [-0.25, -0.2) is 4.39 Å². The molecular formula is C12H13BrClF. The Hall–Kier alpha value is -0.340. The monoisotopic (exact) mass is 290 g/mol. The third-order valence-electron chi connectivity index (χ3n) is 2.20. The van der Waals surface area contributed by atoms with E-state index in [0.717, 1.165) is 10.9 Å². The Morgan fingerprint density at radius 3 is 2.67 bits per heavy atom. The van der Waals surface area contributed by atoms with Crippen LogP contribution in [0.2, 0.25) is 5.02 Å². The summed E-state index contributed by atoms with van der Waals surface area (Å²) in [6.45, 7) is 4.23. The lowest BCUT2D eigenvalue weighted by Crippen LogP contribution is -1.95. The topological polar surface area (TPSA) is 0 Å². The van der Waals surface area contributed by atoms with E-state index < -0.39 is 0 Å². The summed E-state index contributed by atoms with van der Waals surface area (Å²) in [6.07, 6.45) is 2.00. The van der Waals surface area contributed by atoms with Gasteiger partial charge in [-0.05, 0) is 23.6 Å². The van der Waals surface area contributed by atoms with Crippen molar-refractivity contribution in [2.45, 2.75) is 13.8 Å². The lowest BCUT2D eigenvalue weighted by Gasteiger charge is -2.08. The van der Waals surface area contributed by atoms with Crippen molar-refractivity contribution in [2.24, 2.45) is 5.92 Å². The Morgan fingerprint density at radius 1 is 1.53 bits per heavy atom. The average Bonchev–Trinajstić information content (AvgIpc) is 2.16. The fraction of sp³-hybridized carbons (Fsp3) is 0.333. The third kappa shape index (κ3) is 3.62. The molecule has 0 radical (unpaired) electrons. The van der Waals surface area contributed by atoms with E-state index in [1.807, 2.05) is 6.08 Å². The van der Waals surface area contributed by atoms with Crippen LogP contribution in [0.15, 0.2) is 23.8 Å². The standard InChI is InChI=1S/C12H13BrClF/c1-8(2)10(7-13)5-9-3-4-11(15)6-12(9)14/h3-6,8H,7H2,1-2H3/b10-5+. The van der Waals surface area contributed by atoms with Crippen LogP contribution < -0.4 is 0 Å². The summed E-state index contributed by atoms with van der Waals surface area (Å²) in [5.74, 6) is 0.146. The summed E-state index contributed by atoms with van der Waals surface area (Å²) in [5.41, 5.74) is 2.10. The minimum absolute atomic E-state index is 0.304. The number of halogens is 3. The van der Waals surface area contributed by atoms with Gasteiger partial charge in [0.2, 0.25) is 0 Å². The molecule has 0 aliphatic heterocycles. The molecule has 0 bridgehead atoms. The van der Waals surface area contributed by atoms with E-state index in [1.54, 1.807) is 6.07 Å². The lowest BCUT2D eigenvalue weighted by molar-refractivity contribution is 0.628. The van der Waals surface area contributed by atoms with E-state index in [9.17, 15) is 4.39 Å². The number of alkyl halides is 1. The number of hydrogen-bond donors (Lipinski definition) is 0. The molecule has 15 heavy (non-hydrogen) atoms. The predicted molar refractivity (Wildman–Crippen MR) is 68.0 cm³/mol. The van der Waals surface area contributed by atoms with Crippen molar-refractivity contribution in [3.05, 3.63) is 40.2 Å². The molecule has 3 heteroatoms. The van der Waals surface area contributed by atoms with Gasteiger partial charge in [-0.3, -0.25) is 0 Å². The van der Waals surface area contributed by atoms with Gasteiger partial charge in [-0.15, -0.1) is 0 Å². The van der Waals surface area contributed by atoms with E-state index in [4.69, 9.17) is 11.6 Å². The summed E-state index contributed by atoms with van der Waals surface area (Å²) < 4.78 is 12.8. The van der Waals surface area contributed by atoms with E-state index in [-0.39, 0.29) is 5.82 Å². The first-order valence-electron chi connectivity index (χ1n) is 4.76. The van der Waals surface area contributed by atoms with Crippen LogP contribution in [0.1, 0.15) is 19.4 Å². The summed E-state index contributed by atoms with van der Waals surface area (Å²) in [6, 6.07) is 4.45. The molecule has 0 saturated carbocycles.